The number of piperidine rings is 1. The lowest BCUT2D eigenvalue weighted by atomic mass is 9.87. The lowest BCUT2D eigenvalue weighted by Crippen LogP contribution is -2.45. The lowest BCUT2D eigenvalue weighted by molar-refractivity contribution is 0.0608. The van der Waals surface area contributed by atoms with Gasteiger partial charge in [0.2, 0.25) is 0 Å². The molecule has 0 amide bonds. The highest BCUT2D eigenvalue weighted by molar-refractivity contribution is 4.84. The van der Waals surface area contributed by atoms with Crippen LogP contribution in [0.15, 0.2) is 0 Å². The first-order valence-corrected chi connectivity index (χ1v) is 9.30. The summed E-state index contributed by atoms with van der Waals surface area (Å²) >= 11 is 0. The molecule has 2 aliphatic heterocycles. The molecule has 1 atom stereocenters. The fraction of sp³-hybridized carbons (Fsp3) is 1.00. The van der Waals surface area contributed by atoms with E-state index in [1.165, 1.54) is 64.6 Å². The van der Waals surface area contributed by atoms with E-state index in [0.29, 0.717) is 0 Å². The molecule has 1 unspecified atom stereocenters. The van der Waals surface area contributed by atoms with Crippen LogP contribution in [0, 0.1) is 11.8 Å². The lowest BCUT2D eigenvalue weighted by Gasteiger charge is -2.38. The van der Waals surface area contributed by atoms with Crippen LogP contribution in [0.2, 0.25) is 0 Å². The van der Waals surface area contributed by atoms with Crippen LogP contribution in [0.3, 0.4) is 0 Å². The average Bonchev–Trinajstić information content (AvgIpc) is 2.73. The smallest absolute Gasteiger partial charge is 0.0593 e. The van der Waals surface area contributed by atoms with Gasteiger partial charge in [-0.15, -0.1) is 0 Å². The van der Waals surface area contributed by atoms with Crippen LogP contribution < -0.4 is 5.32 Å². The molecule has 2 rings (SSSR count). The van der Waals surface area contributed by atoms with Gasteiger partial charge in [-0.25, -0.2) is 0 Å². The number of likely N-dealkylation sites (tertiary alicyclic amines) is 1. The molecular weight excluding hydrogens is 260 g/mol. The van der Waals surface area contributed by atoms with Crippen molar-refractivity contribution in [3.8, 4) is 0 Å². The maximum absolute atomic E-state index is 5.87. The Balaban J connectivity index is 1.75. The largest absolute Gasteiger partial charge is 0.380 e. The van der Waals surface area contributed by atoms with E-state index in [9.17, 15) is 0 Å². The van der Waals surface area contributed by atoms with Gasteiger partial charge < -0.3 is 10.1 Å². The Morgan fingerprint density at radius 3 is 2.62 bits per heavy atom. The van der Waals surface area contributed by atoms with Gasteiger partial charge in [-0.3, -0.25) is 4.90 Å². The minimum atomic E-state index is 0.755. The molecule has 0 aromatic heterocycles. The zero-order valence-electron chi connectivity index (χ0n) is 14.3. The van der Waals surface area contributed by atoms with Crippen molar-refractivity contribution in [2.75, 3.05) is 39.4 Å². The van der Waals surface area contributed by atoms with E-state index in [4.69, 9.17) is 4.74 Å². The number of nitrogens with one attached hydrogen (secondary N) is 1. The number of rotatable bonds is 7. The summed E-state index contributed by atoms with van der Waals surface area (Å²) in [6.45, 7) is 11.3. The van der Waals surface area contributed by atoms with Gasteiger partial charge in [0.1, 0.15) is 0 Å². The zero-order valence-corrected chi connectivity index (χ0v) is 14.3. The quantitative estimate of drug-likeness (QED) is 0.730. The average molecular weight is 296 g/mol. The molecule has 2 fully saturated rings. The number of hydrogen-bond acceptors (Lipinski definition) is 3. The summed E-state index contributed by atoms with van der Waals surface area (Å²) in [6, 6.07) is 0.822. The highest BCUT2D eigenvalue weighted by atomic mass is 16.5. The van der Waals surface area contributed by atoms with Gasteiger partial charge in [0.25, 0.3) is 0 Å². The molecule has 2 aliphatic rings. The van der Waals surface area contributed by atoms with E-state index in [2.05, 4.69) is 24.1 Å². The van der Waals surface area contributed by atoms with Crippen molar-refractivity contribution < 1.29 is 4.74 Å². The summed E-state index contributed by atoms with van der Waals surface area (Å²) in [5.74, 6) is 1.67. The Morgan fingerprint density at radius 2 is 1.86 bits per heavy atom. The van der Waals surface area contributed by atoms with Gasteiger partial charge in [0.05, 0.1) is 6.61 Å². The van der Waals surface area contributed by atoms with E-state index in [0.717, 1.165) is 37.6 Å². The van der Waals surface area contributed by atoms with Crippen LogP contribution in [0.4, 0.5) is 0 Å². The van der Waals surface area contributed by atoms with Gasteiger partial charge >= 0.3 is 0 Å². The molecule has 2 saturated heterocycles. The Labute approximate surface area is 131 Å². The highest BCUT2D eigenvalue weighted by Gasteiger charge is 2.29. The van der Waals surface area contributed by atoms with E-state index < -0.39 is 0 Å². The fourth-order valence-electron chi connectivity index (χ4n) is 3.84. The summed E-state index contributed by atoms with van der Waals surface area (Å²) in [4.78, 5) is 2.76. The summed E-state index contributed by atoms with van der Waals surface area (Å²) in [5.41, 5.74) is 0. The molecule has 0 aromatic carbocycles. The number of nitrogens with zero attached hydrogens (tertiary/aromatic N) is 1. The molecule has 0 spiro atoms. The maximum atomic E-state index is 5.87. The Hall–Kier alpha value is -0.120. The second-order valence-electron chi connectivity index (χ2n) is 7.33. The molecule has 21 heavy (non-hydrogen) atoms. The molecule has 0 saturated carbocycles. The summed E-state index contributed by atoms with van der Waals surface area (Å²) < 4.78 is 5.87. The van der Waals surface area contributed by atoms with Crippen molar-refractivity contribution in [2.24, 2.45) is 11.8 Å². The Kier molecular flexibility index (Phi) is 8.05. The molecular formula is C18H36N2O. The third-order valence-corrected chi connectivity index (χ3v) is 5.20. The summed E-state index contributed by atoms with van der Waals surface area (Å²) in [5, 5.41) is 3.51. The topological polar surface area (TPSA) is 24.5 Å². The van der Waals surface area contributed by atoms with Crippen molar-refractivity contribution in [2.45, 2.75) is 64.8 Å². The van der Waals surface area contributed by atoms with Gasteiger partial charge in [-0.2, -0.15) is 0 Å². The van der Waals surface area contributed by atoms with Crippen molar-refractivity contribution in [3.05, 3.63) is 0 Å². The van der Waals surface area contributed by atoms with Crippen molar-refractivity contribution >= 4 is 0 Å². The predicted molar refractivity (Wildman–Crippen MR) is 89.7 cm³/mol. The normalized spacial score (nSPS) is 26.1. The van der Waals surface area contributed by atoms with Crippen LogP contribution in [0.1, 0.15) is 58.8 Å². The molecule has 0 aliphatic carbocycles. The van der Waals surface area contributed by atoms with Crippen LogP contribution in [-0.4, -0.2) is 50.3 Å². The van der Waals surface area contributed by atoms with Crippen LogP contribution in [-0.2, 0) is 4.74 Å². The first-order valence-electron chi connectivity index (χ1n) is 9.30. The SMILES string of the molecule is CC(C)CCOCCN1CCCCCC1C1CCNCC1. The first-order chi connectivity index (χ1) is 10.3. The third kappa shape index (κ3) is 6.25. The van der Waals surface area contributed by atoms with Crippen molar-refractivity contribution in [1.29, 1.82) is 0 Å². The molecule has 0 aromatic rings. The summed E-state index contributed by atoms with van der Waals surface area (Å²) in [6.07, 6.45) is 9.58. The van der Waals surface area contributed by atoms with Gasteiger partial charge in [0.15, 0.2) is 0 Å². The van der Waals surface area contributed by atoms with Gasteiger partial charge in [-0.05, 0) is 63.6 Å². The first kappa shape index (κ1) is 17.2. The molecule has 1 N–H and O–H groups in total. The molecule has 0 bridgehead atoms. The van der Waals surface area contributed by atoms with Crippen LogP contribution in [0.25, 0.3) is 0 Å². The predicted octanol–water partition coefficient (Wildman–Crippen LogP) is 3.29. The molecule has 2 heterocycles. The van der Waals surface area contributed by atoms with E-state index >= 15 is 0 Å². The molecule has 3 nitrogen and oxygen atoms in total. The minimum absolute atomic E-state index is 0.755. The Bertz CT molecular complexity index is 264. The second kappa shape index (κ2) is 9.81. The van der Waals surface area contributed by atoms with Gasteiger partial charge in [0, 0.05) is 19.2 Å². The van der Waals surface area contributed by atoms with Crippen molar-refractivity contribution in [3.63, 3.8) is 0 Å². The minimum Gasteiger partial charge on any atom is -0.380 e. The fourth-order valence-corrected chi connectivity index (χ4v) is 3.84. The molecule has 0 radical (unpaired) electrons. The maximum Gasteiger partial charge on any atom is 0.0593 e. The molecule has 124 valence electrons. The number of ether oxygens (including phenoxy) is 1. The number of hydrogen-bond donors (Lipinski definition) is 1. The van der Waals surface area contributed by atoms with Crippen molar-refractivity contribution in [1.82, 2.24) is 10.2 Å². The van der Waals surface area contributed by atoms with E-state index in [1.807, 2.05) is 0 Å². The second-order valence-corrected chi connectivity index (χ2v) is 7.33. The van der Waals surface area contributed by atoms with E-state index in [1.54, 1.807) is 0 Å². The van der Waals surface area contributed by atoms with Crippen LogP contribution in [0.5, 0.6) is 0 Å². The Morgan fingerprint density at radius 1 is 1.05 bits per heavy atom. The zero-order chi connectivity index (χ0) is 14.9. The van der Waals surface area contributed by atoms with E-state index in [-0.39, 0.29) is 0 Å². The molecule has 3 heteroatoms. The van der Waals surface area contributed by atoms with Crippen LogP contribution >= 0.6 is 0 Å². The highest BCUT2D eigenvalue weighted by Crippen LogP contribution is 2.28. The summed E-state index contributed by atoms with van der Waals surface area (Å²) in [7, 11) is 0. The van der Waals surface area contributed by atoms with Gasteiger partial charge in [-0.1, -0.05) is 26.7 Å². The standard InChI is InChI=1S/C18H36N2O/c1-16(2)9-14-21-15-13-20-12-5-3-4-6-18(20)17-7-10-19-11-8-17/h16-19H,3-15H2,1-2H3. The monoisotopic (exact) mass is 296 g/mol. The third-order valence-electron chi connectivity index (χ3n) is 5.20.